The lowest BCUT2D eigenvalue weighted by Crippen LogP contribution is -2.45. The van der Waals surface area contributed by atoms with Crippen LogP contribution in [0.4, 0.5) is 13.2 Å². The molecular formula is C20H27F3N2O4S. The summed E-state index contributed by atoms with van der Waals surface area (Å²) in [5.41, 5.74) is 0. The third kappa shape index (κ3) is 6.10. The second-order valence-corrected chi connectivity index (χ2v) is 9.84. The molecule has 6 nitrogen and oxygen atoms in total. The number of hydrogen-bond acceptors (Lipinski definition) is 4. The Bertz CT molecular complexity index is 829. The first-order valence-electron chi connectivity index (χ1n) is 10.3. The highest BCUT2D eigenvalue weighted by Gasteiger charge is 2.34. The zero-order valence-electron chi connectivity index (χ0n) is 16.7. The van der Waals surface area contributed by atoms with Gasteiger partial charge < -0.3 is 10.1 Å². The fourth-order valence-electron chi connectivity index (χ4n) is 4.08. The monoisotopic (exact) mass is 448 g/mol. The third-order valence-corrected chi connectivity index (χ3v) is 7.60. The zero-order valence-corrected chi connectivity index (χ0v) is 17.5. The molecule has 10 heteroatoms. The summed E-state index contributed by atoms with van der Waals surface area (Å²) in [5, 5.41) is 3.11. The summed E-state index contributed by atoms with van der Waals surface area (Å²) in [6.07, 6.45) is 2.44. The van der Waals surface area contributed by atoms with Crippen molar-refractivity contribution in [1.29, 1.82) is 0 Å². The minimum Gasteiger partial charge on any atom is -0.406 e. The summed E-state index contributed by atoms with van der Waals surface area (Å²) in [5.74, 6) is -0.861. The lowest BCUT2D eigenvalue weighted by Gasteiger charge is -2.31. The normalized spacial score (nSPS) is 20.5. The predicted octanol–water partition coefficient (Wildman–Crippen LogP) is 3.82. The van der Waals surface area contributed by atoms with Crippen LogP contribution in [0.2, 0.25) is 0 Å². The highest BCUT2D eigenvalue weighted by molar-refractivity contribution is 7.89. The van der Waals surface area contributed by atoms with Crippen LogP contribution in [0.1, 0.15) is 51.4 Å². The molecule has 1 heterocycles. The second kappa shape index (κ2) is 9.55. The summed E-state index contributed by atoms with van der Waals surface area (Å²) in [4.78, 5) is 12.3. The number of halogens is 3. The topological polar surface area (TPSA) is 75.7 Å². The van der Waals surface area contributed by atoms with Gasteiger partial charge in [-0.15, -0.1) is 13.2 Å². The van der Waals surface area contributed by atoms with Crippen molar-refractivity contribution >= 4 is 15.9 Å². The Kier molecular flexibility index (Phi) is 7.28. The first-order valence-corrected chi connectivity index (χ1v) is 11.8. The van der Waals surface area contributed by atoms with Crippen molar-refractivity contribution in [2.45, 2.75) is 68.7 Å². The molecule has 1 N–H and O–H groups in total. The minimum atomic E-state index is -4.90. The summed E-state index contributed by atoms with van der Waals surface area (Å²) < 4.78 is 67.9. The van der Waals surface area contributed by atoms with Crippen LogP contribution in [-0.2, 0) is 14.8 Å². The molecule has 0 radical (unpaired) electrons. The van der Waals surface area contributed by atoms with Crippen LogP contribution < -0.4 is 10.1 Å². The maximum absolute atomic E-state index is 12.8. The van der Waals surface area contributed by atoms with Gasteiger partial charge in [0.25, 0.3) is 0 Å². The van der Waals surface area contributed by atoms with Gasteiger partial charge in [0, 0.05) is 31.1 Å². The number of amides is 1. The quantitative estimate of drug-likeness (QED) is 0.695. The number of carbonyl (C=O) groups excluding carboxylic acids is 1. The molecule has 1 aliphatic heterocycles. The van der Waals surface area contributed by atoms with Crippen molar-refractivity contribution in [2.75, 3.05) is 13.1 Å². The van der Waals surface area contributed by atoms with E-state index in [4.69, 9.17) is 0 Å². The van der Waals surface area contributed by atoms with E-state index in [-0.39, 0.29) is 35.9 Å². The van der Waals surface area contributed by atoms with Crippen LogP contribution in [0, 0.1) is 5.92 Å². The van der Waals surface area contributed by atoms with E-state index in [1.54, 1.807) is 0 Å². The number of hydrogen-bond donors (Lipinski definition) is 1. The van der Waals surface area contributed by atoms with Gasteiger partial charge in [0.1, 0.15) is 5.75 Å². The number of nitrogens with one attached hydrogen (secondary N) is 1. The second-order valence-electron chi connectivity index (χ2n) is 7.90. The van der Waals surface area contributed by atoms with Crippen molar-refractivity contribution in [3.63, 3.8) is 0 Å². The summed E-state index contributed by atoms with van der Waals surface area (Å²) in [6, 6.07) is 4.56. The third-order valence-electron chi connectivity index (χ3n) is 5.70. The molecular weight excluding hydrogens is 421 g/mol. The number of piperidine rings is 1. The van der Waals surface area contributed by atoms with Crippen molar-refractivity contribution < 1.29 is 31.1 Å². The van der Waals surface area contributed by atoms with Crippen molar-refractivity contribution in [3.8, 4) is 5.75 Å². The van der Waals surface area contributed by atoms with E-state index in [2.05, 4.69) is 10.1 Å². The van der Waals surface area contributed by atoms with Gasteiger partial charge in [0.2, 0.25) is 15.9 Å². The average molecular weight is 449 g/mol. The van der Waals surface area contributed by atoms with Crippen molar-refractivity contribution in [1.82, 2.24) is 9.62 Å². The van der Waals surface area contributed by atoms with Gasteiger partial charge in [-0.2, -0.15) is 4.31 Å². The Morgan fingerprint density at radius 1 is 1.03 bits per heavy atom. The van der Waals surface area contributed by atoms with Gasteiger partial charge in [-0.1, -0.05) is 31.7 Å². The fraction of sp³-hybridized carbons (Fsp3) is 0.650. The molecule has 1 aromatic carbocycles. The average Bonchev–Trinajstić information content (AvgIpc) is 2.95. The molecule has 2 fully saturated rings. The highest BCUT2D eigenvalue weighted by Crippen LogP contribution is 2.29. The maximum Gasteiger partial charge on any atom is 0.573 e. The molecule has 1 amide bonds. The SMILES string of the molecule is O=C(NC1CCCCCC1)C1CCN(S(=O)(=O)c2cccc(OC(F)(F)F)c2)CC1. The standard InChI is InChI=1S/C20H27F3N2O4S/c21-20(22,23)29-17-8-5-9-18(14-17)30(27,28)25-12-10-15(11-13-25)19(26)24-16-6-3-1-2-4-7-16/h5,8-9,14-16H,1-4,6-7,10-13H2,(H,24,26). The number of nitrogens with zero attached hydrogens (tertiary/aromatic N) is 1. The van der Waals surface area contributed by atoms with Crippen LogP contribution in [0.15, 0.2) is 29.2 Å². The Balaban J connectivity index is 1.58. The molecule has 1 aliphatic carbocycles. The van der Waals surface area contributed by atoms with Gasteiger partial charge in [0.05, 0.1) is 4.90 Å². The van der Waals surface area contributed by atoms with Crippen LogP contribution in [0.25, 0.3) is 0 Å². The van der Waals surface area contributed by atoms with E-state index < -0.39 is 22.1 Å². The lowest BCUT2D eigenvalue weighted by atomic mass is 9.96. The number of benzene rings is 1. The van der Waals surface area contributed by atoms with E-state index in [1.165, 1.54) is 29.3 Å². The Morgan fingerprint density at radius 3 is 2.27 bits per heavy atom. The number of alkyl halides is 3. The highest BCUT2D eigenvalue weighted by atomic mass is 32.2. The minimum absolute atomic E-state index is 0.0282. The van der Waals surface area contributed by atoms with E-state index in [9.17, 15) is 26.4 Å². The first-order chi connectivity index (χ1) is 14.1. The number of ether oxygens (including phenoxy) is 1. The maximum atomic E-state index is 12.8. The van der Waals surface area contributed by atoms with Crippen LogP contribution in [-0.4, -0.2) is 44.1 Å². The molecule has 1 saturated carbocycles. The predicted molar refractivity (Wildman–Crippen MR) is 104 cm³/mol. The summed E-state index contributed by atoms with van der Waals surface area (Å²) >= 11 is 0. The number of rotatable bonds is 5. The molecule has 1 saturated heterocycles. The van der Waals surface area contributed by atoms with Crippen molar-refractivity contribution in [2.24, 2.45) is 5.92 Å². The Labute approximate surface area is 174 Å². The van der Waals surface area contributed by atoms with Gasteiger partial charge >= 0.3 is 6.36 Å². The first kappa shape index (κ1) is 22.9. The van der Waals surface area contributed by atoms with Gasteiger partial charge in [-0.3, -0.25) is 4.79 Å². The number of sulfonamides is 1. The fourth-order valence-corrected chi connectivity index (χ4v) is 5.59. The molecule has 0 aromatic heterocycles. The molecule has 0 atom stereocenters. The van der Waals surface area contributed by atoms with E-state index >= 15 is 0 Å². The van der Waals surface area contributed by atoms with E-state index in [0.717, 1.165) is 37.8 Å². The van der Waals surface area contributed by atoms with Crippen molar-refractivity contribution in [3.05, 3.63) is 24.3 Å². The summed E-state index contributed by atoms with van der Waals surface area (Å²) in [6.45, 7) is 0.297. The van der Waals surface area contributed by atoms with Gasteiger partial charge in [-0.25, -0.2) is 8.42 Å². The van der Waals surface area contributed by atoms with E-state index in [0.29, 0.717) is 12.8 Å². The Hall–Kier alpha value is -1.81. The molecule has 2 aliphatic rings. The summed E-state index contributed by atoms with van der Waals surface area (Å²) in [7, 11) is -3.97. The van der Waals surface area contributed by atoms with Gasteiger partial charge in [-0.05, 0) is 37.8 Å². The smallest absolute Gasteiger partial charge is 0.406 e. The molecule has 30 heavy (non-hydrogen) atoms. The number of carbonyl (C=O) groups is 1. The molecule has 0 bridgehead atoms. The van der Waals surface area contributed by atoms with Crippen LogP contribution in [0.5, 0.6) is 5.75 Å². The molecule has 0 unspecified atom stereocenters. The molecule has 0 spiro atoms. The molecule has 3 rings (SSSR count). The molecule has 1 aromatic rings. The van der Waals surface area contributed by atoms with Crippen LogP contribution in [0.3, 0.4) is 0 Å². The molecule has 168 valence electrons. The zero-order chi connectivity index (χ0) is 21.8. The van der Waals surface area contributed by atoms with E-state index in [1.807, 2.05) is 0 Å². The lowest BCUT2D eigenvalue weighted by molar-refractivity contribution is -0.274. The van der Waals surface area contributed by atoms with Crippen LogP contribution >= 0.6 is 0 Å². The largest absolute Gasteiger partial charge is 0.573 e. The van der Waals surface area contributed by atoms with Gasteiger partial charge in [0.15, 0.2) is 0 Å². The Morgan fingerprint density at radius 2 is 1.67 bits per heavy atom.